The number of fused-ring (bicyclic) bond motifs is 10. The molecule has 1 N–H and O–H groups in total. The van der Waals surface area contributed by atoms with Crippen LogP contribution in [-0.4, -0.2) is 9.55 Å². The summed E-state index contributed by atoms with van der Waals surface area (Å²) in [6.07, 6.45) is 0. The molecule has 0 spiro atoms. The molecule has 3 nitrogen and oxygen atoms in total. The highest BCUT2D eigenvalue weighted by molar-refractivity contribution is 6.24. The molecular weight excluding hydrogens is 404 g/mol. The molecule has 0 atom stereocenters. The first kappa shape index (κ1) is 17.1. The molecule has 0 saturated heterocycles. The van der Waals surface area contributed by atoms with E-state index in [-0.39, 0.29) is 0 Å². The molecule has 0 aliphatic rings. The number of H-pyrrole nitrogens is 1. The molecule has 0 amide bonds. The van der Waals surface area contributed by atoms with Crippen LogP contribution in [0.15, 0.2) is 108 Å². The number of benzene rings is 5. The predicted octanol–water partition coefficient (Wildman–Crippen LogP) is 8.32. The molecule has 3 heteroatoms. The standard InChI is InChI=1S/C30H18N2O/c1-4-11-22-20(9-1)28-23(31-22)12-7-14-25(28)32-24-13-5-2-10-21(24)29-26(32)17-16-19-18-8-3-6-15-27(18)33-30(19)29/h1-17,31H. The minimum Gasteiger partial charge on any atom is -0.455 e. The Morgan fingerprint density at radius 3 is 2.21 bits per heavy atom. The highest BCUT2D eigenvalue weighted by Gasteiger charge is 2.20. The third-order valence-corrected chi connectivity index (χ3v) is 6.93. The summed E-state index contributed by atoms with van der Waals surface area (Å²) in [5, 5.41) is 7.15. The fourth-order valence-corrected chi connectivity index (χ4v) is 5.56. The van der Waals surface area contributed by atoms with Crippen LogP contribution in [0.3, 0.4) is 0 Å². The second-order valence-electron chi connectivity index (χ2n) is 8.66. The van der Waals surface area contributed by atoms with Crippen molar-refractivity contribution in [3.63, 3.8) is 0 Å². The Hall–Kier alpha value is -4.50. The summed E-state index contributed by atoms with van der Waals surface area (Å²) < 4.78 is 8.84. The van der Waals surface area contributed by atoms with E-state index in [0.717, 1.165) is 43.9 Å². The second kappa shape index (κ2) is 6.05. The van der Waals surface area contributed by atoms with Crippen molar-refractivity contribution in [3.05, 3.63) is 103 Å². The maximum absolute atomic E-state index is 6.45. The monoisotopic (exact) mass is 422 g/mol. The number of nitrogens with zero attached hydrogens (tertiary/aromatic N) is 1. The van der Waals surface area contributed by atoms with Gasteiger partial charge in [-0.05, 0) is 42.5 Å². The van der Waals surface area contributed by atoms with Crippen LogP contribution < -0.4 is 0 Å². The molecular formula is C30H18N2O. The van der Waals surface area contributed by atoms with Crippen molar-refractivity contribution in [2.45, 2.75) is 0 Å². The van der Waals surface area contributed by atoms with Crippen molar-refractivity contribution in [3.8, 4) is 5.69 Å². The quantitative estimate of drug-likeness (QED) is 0.283. The van der Waals surface area contributed by atoms with Gasteiger partial charge in [0.15, 0.2) is 0 Å². The Bertz CT molecular complexity index is 2030. The maximum Gasteiger partial charge on any atom is 0.145 e. The van der Waals surface area contributed by atoms with Gasteiger partial charge in [0.2, 0.25) is 0 Å². The smallest absolute Gasteiger partial charge is 0.145 e. The van der Waals surface area contributed by atoms with Crippen molar-refractivity contribution in [2.75, 3.05) is 0 Å². The van der Waals surface area contributed by atoms with Crippen LogP contribution in [0.4, 0.5) is 0 Å². The van der Waals surface area contributed by atoms with Gasteiger partial charge in [0, 0.05) is 38.0 Å². The van der Waals surface area contributed by atoms with Gasteiger partial charge in [-0.2, -0.15) is 0 Å². The van der Waals surface area contributed by atoms with Crippen molar-refractivity contribution < 1.29 is 4.42 Å². The average Bonchev–Trinajstić information content (AvgIpc) is 3.53. The fraction of sp³-hybridized carbons (Fsp3) is 0. The van der Waals surface area contributed by atoms with Crippen LogP contribution in [0.25, 0.3) is 71.2 Å². The molecule has 0 bridgehead atoms. The van der Waals surface area contributed by atoms with Gasteiger partial charge in [-0.3, -0.25) is 0 Å². The summed E-state index contributed by atoms with van der Waals surface area (Å²) in [6, 6.07) is 36.4. The molecule has 154 valence electrons. The molecule has 3 heterocycles. The van der Waals surface area contributed by atoms with Crippen molar-refractivity contribution >= 4 is 65.6 Å². The van der Waals surface area contributed by atoms with Gasteiger partial charge in [-0.1, -0.05) is 60.7 Å². The van der Waals surface area contributed by atoms with E-state index in [0.29, 0.717) is 0 Å². The predicted molar refractivity (Wildman–Crippen MR) is 137 cm³/mol. The molecule has 0 fully saturated rings. The van der Waals surface area contributed by atoms with Gasteiger partial charge in [0.1, 0.15) is 11.2 Å². The molecule has 0 unspecified atom stereocenters. The Balaban J connectivity index is 1.61. The second-order valence-corrected chi connectivity index (χ2v) is 8.66. The molecule has 8 aromatic rings. The third-order valence-electron chi connectivity index (χ3n) is 6.93. The fourth-order valence-electron chi connectivity index (χ4n) is 5.56. The summed E-state index contributed by atoms with van der Waals surface area (Å²) >= 11 is 0. The minimum atomic E-state index is 0.926. The van der Waals surface area contributed by atoms with Crippen molar-refractivity contribution in [1.29, 1.82) is 0 Å². The van der Waals surface area contributed by atoms with E-state index in [1.165, 1.54) is 27.4 Å². The number of para-hydroxylation sites is 3. The number of rotatable bonds is 1. The van der Waals surface area contributed by atoms with Crippen LogP contribution in [-0.2, 0) is 0 Å². The van der Waals surface area contributed by atoms with Gasteiger partial charge in [-0.25, -0.2) is 0 Å². The lowest BCUT2D eigenvalue weighted by Crippen LogP contribution is -1.94. The summed E-state index contributed by atoms with van der Waals surface area (Å²) in [7, 11) is 0. The lowest BCUT2D eigenvalue weighted by Gasteiger charge is -2.10. The number of nitrogens with one attached hydrogen (secondary N) is 1. The van der Waals surface area contributed by atoms with E-state index in [4.69, 9.17) is 4.42 Å². The SMILES string of the molecule is c1ccc2c(c1)[nH]c1cccc(-n3c4ccccc4c4c5oc6ccccc6c5ccc43)c12. The molecule has 0 aliphatic carbocycles. The highest BCUT2D eigenvalue weighted by atomic mass is 16.3. The normalized spacial score (nSPS) is 12.2. The Labute approximate surface area is 188 Å². The van der Waals surface area contributed by atoms with E-state index < -0.39 is 0 Å². The summed E-state index contributed by atoms with van der Waals surface area (Å²) in [6.45, 7) is 0. The zero-order valence-corrected chi connectivity index (χ0v) is 17.7. The van der Waals surface area contributed by atoms with E-state index in [1.54, 1.807) is 0 Å². The zero-order valence-electron chi connectivity index (χ0n) is 17.7. The van der Waals surface area contributed by atoms with Gasteiger partial charge in [0.05, 0.1) is 22.1 Å². The Morgan fingerprint density at radius 2 is 1.27 bits per heavy atom. The Morgan fingerprint density at radius 1 is 0.515 bits per heavy atom. The molecule has 0 aliphatic heterocycles. The van der Waals surface area contributed by atoms with Crippen LogP contribution >= 0.6 is 0 Å². The van der Waals surface area contributed by atoms with Gasteiger partial charge < -0.3 is 14.0 Å². The van der Waals surface area contributed by atoms with Gasteiger partial charge in [-0.15, -0.1) is 0 Å². The summed E-state index contributed by atoms with van der Waals surface area (Å²) in [5.41, 5.74) is 7.68. The first-order valence-electron chi connectivity index (χ1n) is 11.2. The minimum absolute atomic E-state index is 0.926. The van der Waals surface area contributed by atoms with Crippen molar-refractivity contribution in [2.24, 2.45) is 0 Å². The largest absolute Gasteiger partial charge is 0.455 e. The number of aromatic nitrogens is 2. The van der Waals surface area contributed by atoms with Crippen LogP contribution in [0.5, 0.6) is 0 Å². The highest BCUT2D eigenvalue weighted by Crippen LogP contribution is 2.42. The summed E-state index contributed by atoms with van der Waals surface area (Å²) in [5.74, 6) is 0. The lowest BCUT2D eigenvalue weighted by molar-refractivity contribution is 0.673. The first-order valence-corrected chi connectivity index (χ1v) is 11.2. The Kier molecular flexibility index (Phi) is 3.14. The molecule has 5 aromatic carbocycles. The van der Waals surface area contributed by atoms with E-state index in [1.807, 2.05) is 12.1 Å². The zero-order chi connectivity index (χ0) is 21.5. The van der Waals surface area contributed by atoms with Crippen LogP contribution in [0, 0.1) is 0 Å². The van der Waals surface area contributed by atoms with Crippen LogP contribution in [0.1, 0.15) is 0 Å². The molecule has 8 rings (SSSR count). The lowest BCUT2D eigenvalue weighted by atomic mass is 10.1. The maximum atomic E-state index is 6.45. The van der Waals surface area contributed by atoms with Gasteiger partial charge >= 0.3 is 0 Å². The molecule has 3 aromatic heterocycles. The van der Waals surface area contributed by atoms with E-state index >= 15 is 0 Å². The van der Waals surface area contributed by atoms with E-state index in [9.17, 15) is 0 Å². The first-order chi connectivity index (χ1) is 16.4. The van der Waals surface area contributed by atoms with Crippen molar-refractivity contribution in [1.82, 2.24) is 9.55 Å². The van der Waals surface area contributed by atoms with E-state index in [2.05, 4.69) is 101 Å². The number of aromatic amines is 1. The number of furan rings is 1. The average molecular weight is 422 g/mol. The topological polar surface area (TPSA) is 33.9 Å². The van der Waals surface area contributed by atoms with Gasteiger partial charge in [0.25, 0.3) is 0 Å². The molecule has 33 heavy (non-hydrogen) atoms. The molecule has 0 radical (unpaired) electrons. The summed E-state index contributed by atoms with van der Waals surface area (Å²) in [4.78, 5) is 3.59. The third kappa shape index (κ3) is 2.14. The number of hydrogen-bond acceptors (Lipinski definition) is 1. The van der Waals surface area contributed by atoms with Crippen LogP contribution in [0.2, 0.25) is 0 Å². The molecule has 0 saturated carbocycles. The number of hydrogen-bond donors (Lipinski definition) is 1.